The molecule has 98 valence electrons. The average Bonchev–Trinajstić information content (AvgIpc) is 2.40. The third-order valence-corrected chi connectivity index (χ3v) is 4.45. The molecule has 0 spiro atoms. The molecule has 1 nitrogen and oxygen atoms in total. The lowest BCUT2D eigenvalue weighted by Gasteiger charge is -2.05. The molecule has 2 rings (SSSR count). The fourth-order valence-electron chi connectivity index (χ4n) is 1.79. The highest BCUT2D eigenvalue weighted by atomic mass is 35.5. The minimum absolute atomic E-state index is 0.221. The number of rotatable bonds is 5. The lowest BCUT2D eigenvalue weighted by Crippen LogP contribution is -2.06. The van der Waals surface area contributed by atoms with Crippen molar-refractivity contribution >= 4 is 29.1 Å². The summed E-state index contributed by atoms with van der Waals surface area (Å²) >= 11 is 7.56. The Morgan fingerprint density at radius 1 is 1.11 bits per heavy atom. The number of thioether (sulfide) groups is 1. The first-order valence-electron chi connectivity index (χ1n) is 6.10. The number of ketones is 1. The van der Waals surface area contributed by atoms with Gasteiger partial charge in [-0.15, -0.1) is 11.8 Å². The van der Waals surface area contributed by atoms with Crippen molar-refractivity contribution in [2.45, 2.75) is 18.2 Å². The number of benzene rings is 2. The van der Waals surface area contributed by atoms with Crippen molar-refractivity contribution in [1.29, 1.82) is 0 Å². The first-order chi connectivity index (χ1) is 9.16. The van der Waals surface area contributed by atoms with Crippen molar-refractivity contribution in [3.8, 4) is 0 Å². The van der Waals surface area contributed by atoms with Crippen LogP contribution in [-0.4, -0.2) is 11.5 Å². The minimum atomic E-state index is 0.221. The van der Waals surface area contributed by atoms with Crippen LogP contribution in [0.15, 0.2) is 53.4 Å². The maximum Gasteiger partial charge on any atom is 0.147 e. The molecule has 0 radical (unpaired) electrons. The van der Waals surface area contributed by atoms with Crippen LogP contribution in [-0.2, 0) is 11.2 Å². The summed E-state index contributed by atoms with van der Waals surface area (Å²) in [5.41, 5.74) is 2.27. The van der Waals surface area contributed by atoms with E-state index in [2.05, 4.69) is 0 Å². The lowest BCUT2D eigenvalue weighted by atomic mass is 10.0. The summed E-state index contributed by atoms with van der Waals surface area (Å²) < 4.78 is 0. The molecule has 0 heterocycles. The molecule has 2 aromatic carbocycles. The summed E-state index contributed by atoms with van der Waals surface area (Å²) in [6.07, 6.45) is 0.490. The van der Waals surface area contributed by atoms with Crippen LogP contribution in [0, 0.1) is 6.92 Å². The maximum absolute atomic E-state index is 12.0. The van der Waals surface area contributed by atoms with Crippen LogP contribution in [0.1, 0.15) is 11.1 Å². The van der Waals surface area contributed by atoms with Crippen LogP contribution in [0.3, 0.4) is 0 Å². The van der Waals surface area contributed by atoms with Gasteiger partial charge in [-0.1, -0.05) is 48.0 Å². The molecule has 0 N–H and O–H groups in total. The Morgan fingerprint density at radius 3 is 2.53 bits per heavy atom. The maximum atomic E-state index is 12.0. The van der Waals surface area contributed by atoms with Gasteiger partial charge in [-0.3, -0.25) is 4.79 Å². The van der Waals surface area contributed by atoms with Gasteiger partial charge < -0.3 is 0 Å². The van der Waals surface area contributed by atoms with Gasteiger partial charge in [0.1, 0.15) is 5.78 Å². The van der Waals surface area contributed by atoms with Gasteiger partial charge in [-0.25, -0.2) is 0 Å². The third-order valence-electron chi connectivity index (χ3n) is 2.87. The quantitative estimate of drug-likeness (QED) is 0.751. The van der Waals surface area contributed by atoms with Crippen LogP contribution in [0.25, 0.3) is 0 Å². The molecule has 0 atom stereocenters. The second-order valence-corrected chi connectivity index (χ2v) is 5.79. The van der Waals surface area contributed by atoms with Crippen molar-refractivity contribution in [2.24, 2.45) is 0 Å². The highest BCUT2D eigenvalue weighted by Crippen LogP contribution is 2.26. The molecule has 0 amide bonds. The van der Waals surface area contributed by atoms with E-state index in [0.717, 1.165) is 10.5 Å². The summed E-state index contributed by atoms with van der Waals surface area (Å²) in [4.78, 5) is 12.9. The van der Waals surface area contributed by atoms with E-state index >= 15 is 0 Å². The lowest BCUT2D eigenvalue weighted by molar-refractivity contribution is -0.116. The molecular formula is C16H15ClOS. The second kappa shape index (κ2) is 6.78. The number of carbonyl (C=O) groups excluding carboxylic acids is 1. The van der Waals surface area contributed by atoms with Crippen LogP contribution in [0.2, 0.25) is 5.02 Å². The number of halogens is 1. The van der Waals surface area contributed by atoms with E-state index in [1.807, 2.05) is 55.5 Å². The monoisotopic (exact) mass is 290 g/mol. The summed E-state index contributed by atoms with van der Waals surface area (Å²) in [7, 11) is 0. The van der Waals surface area contributed by atoms with E-state index in [0.29, 0.717) is 17.2 Å². The van der Waals surface area contributed by atoms with E-state index in [1.165, 1.54) is 17.3 Å². The highest BCUT2D eigenvalue weighted by molar-refractivity contribution is 8.00. The molecular weight excluding hydrogens is 276 g/mol. The number of aryl methyl sites for hydroxylation is 1. The van der Waals surface area contributed by atoms with Gasteiger partial charge in [0.2, 0.25) is 0 Å². The van der Waals surface area contributed by atoms with Crippen molar-refractivity contribution < 1.29 is 4.79 Å². The van der Waals surface area contributed by atoms with E-state index in [9.17, 15) is 4.79 Å². The Kier molecular flexibility index (Phi) is 5.06. The Balaban J connectivity index is 1.92. The molecule has 0 saturated carbocycles. The second-order valence-electron chi connectivity index (χ2n) is 4.36. The SMILES string of the molecule is Cc1ccccc1CC(=O)CSc1ccccc1Cl. The zero-order valence-corrected chi connectivity index (χ0v) is 12.3. The molecule has 3 heteroatoms. The van der Waals surface area contributed by atoms with Gasteiger partial charge in [-0.05, 0) is 30.2 Å². The predicted octanol–water partition coefficient (Wildman–Crippen LogP) is 4.55. The molecule has 0 aromatic heterocycles. The molecule has 0 aliphatic rings. The van der Waals surface area contributed by atoms with E-state index in [-0.39, 0.29) is 5.78 Å². The smallest absolute Gasteiger partial charge is 0.147 e. The van der Waals surface area contributed by atoms with Gasteiger partial charge >= 0.3 is 0 Å². The zero-order valence-electron chi connectivity index (χ0n) is 10.7. The van der Waals surface area contributed by atoms with Gasteiger partial charge in [0.05, 0.1) is 10.8 Å². The van der Waals surface area contributed by atoms with Crippen LogP contribution in [0.4, 0.5) is 0 Å². The number of Topliss-reactive ketones (excluding diaryl/α,β-unsaturated/α-hetero) is 1. The van der Waals surface area contributed by atoms with E-state index in [1.54, 1.807) is 0 Å². The average molecular weight is 291 g/mol. The molecule has 19 heavy (non-hydrogen) atoms. The molecule has 0 unspecified atom stereocenters. The Bertz CT molecular complexity index is 580. The first kappa shape index (κ1) is 14.2. The summed E-state index contributed by atoms with van der Waals surface area (Å²) in [5.74, 6) is 0.678. The molecule has 0 aliphatic carbocycles. The van der Waals surface area contributed by atoms with Gasteiger partial charge in [-0.2, -0.15) is 0 Å². The zero-order chi connectivity index (χ0) is 13.7. The van der Waals surface area contributed by atoms with Crippen molar-refractivity contribution in [1.82, 2.24) is 0 Å². The fraction of sp³-hybridized carbons (Fsp3) is 0.188. The first-order valence-corrected chi connectivity index (χ1v) is 7.46. The summed E-state index contributed by atoms with van der Waals surface area (Å²) in [6, 6.07) is 15.6. The normalized spacial score (nSPS) is 10.4. The molecule has 0 saturated heterocycles. The number of hydrogen-bond acceptors (Lipinski definition) is 2. The Hall–Kier alpha value is -1.25. The van der Waals surface area contributed by atoms with E-state index < -0.39 is 0 Å². The summed E-state index contributed by atoms with van der Waals surface area (Å²) in [5, 5.41) is 0.705. The Morgan fingerprint density at radius 2 is 1.79 bits per heavy atom. The fourth-order valence-corrected chi connectivity index (χ4v) is 2.89. The highest BCUT2D eigenvalue weighted by Gasteiger charge is 2.08. The topological polar surface area (TPSA) is 17.1 Å². The molecule has 0 fully saturated rings. The molecule has 0 aliphatic heterocycles. The number of carbonyl (C=O) groups is 1. The Labute approximate surface area is 123 Å². The predicted molar refractivity (Wildman–Crippen MR) is 82.1 cm³/mol. The van der Waals surface area contributed by atoms with Crippen LogP contribution in [0.5, 0.6) is 0 Å². The molecule has 2 aromatic rings. The third kappa shape index (κ3) is 4.12. The van der Waals surface area contributed by atoms with Gasteiger partial charge in [0.15, 0.2) is 0 Å². The number of hydrogen-bond donors (Lipinski definition) is 0. The van der Waals surface area contributed by atoms with Gasteiger partial charge in [0, 0.05) is 11.3 Å². The van der Waals surface area contributed by atoms with E-state index in [4.69, 9.17) is 11.6 Å². The molecule has 0 bridgehead atoms. The van der Waals surface area contributed by atoms with Crippen molar-refractivity contribution in [3.63, 3.8) is 0 Å². The van der Waals surface area contributed by atoms with Crippen LogP contribution >= 0.6 is 23.4 Å². The summed E-state index contributed by atoms with van der Waals surface area (Å²) in [6.45, 7) is 2.03. The largest absolute Gasteiger partial charge is 0.298 e. The van der Waals surface area contributed by atoms with Crippen molar-refractivity contribution in [2.75, 3.05) is 5.75 Å². The van der Waals surface area contributed by atoms with Crippen molar-refractivity contribution in [3.05, 3.63) is 64.7 Å². The standard InChI is InChI=1S/C16H15ClOS/c1-12-6-2-3-7-13(12)10-14(18)11-19-16-9-5-4-8-15(16)17/h2-9H,10-11H2,1H3. The van der Waals surface area contributed by atoms with Crippen LogP contribution < -0.4 is 0 Å². The van der Waals surface area contributed by atoms with Gasteiger partial charge in [0.25, 0.3) is 0 Å². The minimum Gasteiger partial charge on any atom is -0.298 e.